The Balaban J connectivity index is 1.25. The number of amides is 3. The number of thioether (sulfide) groups is 1. The Hall–Kier alpha value is -4.70. The third-order valence-corrected chi connectivity index (χ3v) is 8.77. The standard InChI is InChI=1S/C35H29ClN4O3S2/c1-22-9-6-7-12-26(22)19-30(38-33(42)25-10-4-3-5-11-25)34(43)37-28-13-8-14-29(20-28)45-23(2)32(41)40-35-39-31(21-44-35)24-15-17-27(36)18-16-24/h3-21,23H,1-2H3,(H,37,43)(H,38,42)(H,39,40,41)/b30-19-. The van der Waals surface area contributed by atoms with Crippen LogP contribution in [0.25, 0.3) is 17.3 Å². The molecule has 0 aliphatic rings. The van der Waals surface area contributed by atoms with E-state index in [1.165, 1.54) is 23.1 Å². The number of rotatable bonds is 10. The van der Waals surface area contributed by atoms with E-state index in [9.17, 15) is 14.4 Å². The van der Waals surface area contributed by atoms with E-state index in [0.29, 0.717) is 21.4 Å². The molecule has 1 unspecified atom stereocenters. The van der Waals surface area contributed by atoms with Gasteiger partial charge in [0.25, 0.3) is 11.8 Å². The average molecular weight is 653 g/mol. The number of hydrogen-bond donors (Lipinski definition) is 3. The van der Waals surface area contributed by atoms with Crippen LogP contribution in [-0.2, 0) is 9.59 Å². The quantitative estimate of drug-likeness (QED) is 0.104. The lowest BCUT2D eigenvalue weighted by Gasteiger charge is -2.14. The molecular formula is C35H29ClN4O3S2. The van der Waals surface area contributed by atoms with E-state index >= 15 is 0 Å². The van der Waals surface area contributed by atoms with E-state index in [-0.39, 0.29) is 11.6 Å². The van der Waals surface area contributed by atoms with Crippen LogP contribution in [0.4, 0.5) is 10.8 Å². The van der Waals surface area contributed by atoms with Gasteiger partial charge in [-0.25, -0.2) is 4.98 Å². The lowest BCUT2D eigenvalue weighted by atomic mass is 10.1. The number of thiazole rings is 1. The van der Waals surface area contributed by atoms with Gasteiger partial charge in [0.05, 0.1) is 10.9 Å². The molecule has 1 heterocycles. The molecule has 0 radical (unpaired) electrons. The summed E-state index contributed by atoms with van der Waals surface area (Å²) in [5.41, 5.74) is 4.49. The van der Waals surface area contributed by atoms with Crippen molar-refractivity contribution in [2.24, 2.45) is 0 Å². The lowest BCUT2D eigenvalue weighted by Crippen LogP contribution is -2.30. The van der Waals surface area contributed by atoms with Gasteiger partial charge >= 0.3 is 0 Å². The van der Waals surface area contributed by atoms with Gasteiger partial charge in [-0.1, -0.05) is 72.3 Å². The van der Waals surface area contributed by atoms with Crippen molar-refractivity contribution in [2.75, 3.05) is 10.6 Å². The molecule has 3 amide bonds. The largest absolute Gasteiger partial charge is 0.321 e. The molecule has 0 spiro atoms. The van der Waals surface area contributed by atoms with Crippen molar-refractivity contribution in [1.82, 2.24) is 10.3 Å². The lowest BCUT2D eigenvalue weighted by molar-refractivity contribution is -0.115. The average Bonchev–Trinajstić information content (AvgIpc) is 3.51. The number of hydrogen-bond acceptors (Lipinski definition) is 6. The Labute approximate surface area is 274 Å². The molecule has 10 heteroatoms. The Kier molecular flexibility index (Phi) is 10.5. The van der Waals surface area contributed by atoms with E-state index in [1.54, 1.807) is 67.6 Å². The van der Waals surface area contributed by atoms with Crippen LogP contribution >= 0.6 is 34.7 Å². The van der Waals surface area contributed by atoms with Gasteiger partial charge in [0.15, 0.2) is 5.13 Å². The maximum Gasteiger partial charge on any atom is 0.272 e. The molecule has 0 aliphatic carbocycles. The van der Waals surface area contributed by atoms with Crippen LogP contribution in [0.15, 0.2) is 119 Å². The molecule has 1 aromatic heterocycles. The summed E-state index contributed by atoms with van der Waals surface area (Å²) in [6.45, 7) is 3.74. The number of halogens is 1. The first kappa shape index (κ1) is 31.7. The zero-order valence-electron chi connectivity index (χ0n) is 24.4. The van der Waals surface area contributed by atoms with Gasteiger partial charge in [0.1, 0.15) is 5.70 Å². The number of nitrogens with zero attached hydrogens (tertiary/aromatic N) is 1. The summed E-state index contributed by atoms with van der Waals surface area (Å²) in [5.74, 6) is -1.07. The highest BCUT2D eigenvalue weighted by Gasteiger charge is 2.18. The molecule has 0 aliphatic heterocycles. The minimum Gasteiger partial charge on any atom is -0.321 e. The molecule has 7 nitrogen and oxygen atoms in total. The normalized spacial score (nSPS) is 11.8. The van der Waals surface area contributed by atoms with Crippen molar-refractivity contribution in [3.63, 3.8) is 0 Å². The van der Waals surface area contributed by atoms with Gasteiger partial charge in [0, 0.05) is 32.1 Å². The molecule has 45 heavy (non-hydrogen) atoms. The smallest absolute Gasteiger partial charge is 0.272 e. The van der Waals surface area contributed by atoms with Gasteiger partial charge in [0.2, 0.25) is 5.91 Å². The predicted octanol–water partition coefficient (Wildman–Crippen LogP) is 8.30. The van der Waals surface area contributed by atoms with Crippen molar-refractivity contribution in [2.45, 2.75) is 24.0 Å². The van der Waals surface area contributed by atoms with Crippen LogP contribution in [0.5, 0.6) is 0 Å². The van der Waals surface area contributed by atoms with Crippen LogP contribution in [0.3, 0.4) is 0 Å². The van der Waals surface area contributed by atoms with E-state index < -0.39 is 17.1 Å². The number of aromatic nitrogens is 1. The molecule has 0 saturated carbocycles. The maximum absolute atomic E-state index is 13.5. The topological polar surface area (TPSA) is 100 Å². The number of aryl methyl sites for hydroxylation is 1. The first-order chi connectivity index (χ1) is 21.7. The number of nitrogens with one attached hydrogen (secondary N) is 3. The summed E-state index contributed by atoms with van der Waals surface area (Å²) in [5, 5.41) is 11.1. The molecule has 5 aromatic rings. The predicted molar refractivity (Wildman–Crippen MR) is 185 cm³/mol. The first-order valence-electron chi connectivity index (χ1n) is 14.0. The zero-order valence-corrected chi connectivity index (χ0v) is 26.8. The van der Waals surface area contributed by atoms with Crippen molar-refractivity contribution in [3.05, 3.63) is 136 Å². The van der Waals surface area contributed by atoms with E-state index in [4.69, 9.17) is 11.6 Å². The fourth-order valence-electron chi connectivity index (χ4n) is 4.24. The summed E-state index contributed by atoms with van der Waals surface area (Å²) >= 11 is 8.68. The number of carbonyl (C=O) groups excluding carboxylic acids is 3. The minimum absolute atomic E-state index is 0.102. The number of benzene rings is 4. The molecule has 0 bridgehead atoms. The van der Waals surface area contributed by atoms with Crippen LogP contribution in [0.2, 0.25) is 5.02 Å². The van der Waals surface area contributed by atoms with E-state index in [1.807, 2.05) is 60.8 Å². The van der Waals surface area contributed by atoms with Crippen LogP contribution in [0, 0.1) is 6.92 Å². The fourth-order valence-corrected chi connectivity index (χ4v) is 6.02. The molecule has 0 saturated heterocycles. The molecular weight excluding hydrogens is 624 g/mol. The van der Waals surface area contributed by atoms with Gasteiger partial charge in [-0.2, -0.15) is 0 Å². The minimum atomic E-state index is -0.476. The maximum atomic E-state index is 13.5. The summed E-state index contributed by atoms with van der Waals surface area (Å²) in [6, 6.07) is 30.9. The van der Waals surface area contributed by atoms with Crippen molar-refractivity contribution < 1.29 is 14.4 Å². The Bertz CT molecular complexity index is 1860. The Morgan fingerprint density at radius 2 is 1.62 bits per heavy atom. The first-order valence-corrected chi connectivity index (χ1v) is 16.1. The van der Waals surface area contributed by atoms with Crippen molar-refractivity contribution >= 4 is 69.3 Å². The summed E-state index contributed by atoms with van der Waals surface area (Å²) in [6.07, 6.45) is 1.66. The summed E-state index contributed by atoms with van der Waals surface area (Å²) in [4.78, 5) is 44.7. The molecule has 3 N–H and O–H groups in total. The third-order valence-electron chi connectivity index (χ3n) is 6.67. The van der Waals surface area contributed by atoms with Gasteiger partial charge in [-0.05, 0) is 73.5 Å². The van der Waals surface area contributed by atoms with Crippen LogP contribution < -0.4 is 16.0 Å². The van der Waals surface area contributed by atoms with Crippen molar-refractivity contribution in [3.8, 4) is 11.3 Å². The number of anilines is 2. The van der Waals surface area contributed by atoms with Gasteiger partial charge in [-0.3, -0.25) is 14.4 Å². The Morgan fingerprint density at radius 3 is 2.38 bits per heavy atom. The molecule has 0 fully saturated rings. The highest BCUT2D eigenvalue weighted by molar-refractivity contribution is 8.00. The SMILES string of the molecule is Cc1ccccc1/C=C(\NC(=O)c1ccccc1)C(=O)Nc1cccc(SC(C)C(=O)Nc2nc(-c3ccc(Cl)cc3)cs2)c1. The zero-order chi connectivity index (χ0) is 31.8. The highest BCUT2D eigenvalue weighted by atomic mass is 35.5. The van der Waals surface area contributed by atoms with Gasteiger partial charge < -0.3 is 16.0 Å². The van der Waals surface area contributed by atoms with Gasteiger partial charge in [-0.15, -0.1) is 23.1 Å². The number of carbonyl (C=O) groups is 3. The van der Waals surface area contributed by atoms with Crippen LogP contribution in [0.1, 0.15) is 28.4 Å². The Morgan fingerprint density at radius 1 is 0.889 bits per heavy atom. The summed E-state index contributed by atoms with van der Waals surface area (Å²) < 4.78 is 0. The van der Waals surface area contributed by atoms with E-state index in [2.05, 4.69) is 20.9 Å². The molecule has 226 valence electrons. The second kappa shape index (κ2) is 14.9. The van der Waals surface area contributed by atoms with E-state index in [0.717, 1.165) is 27.3 Å². The molecule has 1 atom stereocenters. The van der Waals surface area contributed by atoms with Crippen molar-refractivity contribution in [1.29, 1.82) is 0 Å². The third kappa shape index (κ3) is 8.69. The second-order valence-corrected chi connectivity index (χ2v) is 12.7. The monoisotopic (exact) mass is 652 g/mol. The molecule has 5 rings (SSSR count). The van der Waals surface area contributed by atoms with Crippen LogP contribution in [-0.4, -0.2) is 28.0 Å². The summed E-state index contributed by atoms with van der Waals surface area (Å²) in [7, 11) is 0. The molecule has 4 aromatic carbocycles. The highest BCUT2D eigenvalue weighted by Crippen LogP contribution is 2.29. The second-order valence-electron chi connectivity index (χ2n) is 10.0. The fraction of sp³-hybridized carbons (Fsp3) is 0.0857.